The molecule has 0 spiro atoms. The second kappa shape index (κ2) is 6.29. The van der Waals surface area contributed by atoms with Crippen molar-refractivity contribution in [3.05, 3.63) is 46.0 Å². The van der Waals surface area contributed by atoms with Crippen molar-refractivity contribution in [1.29, 1.82) is 0 Å². The fraction of sp³-hybridized carbons (Fsp3) is 0.167. The Morgan fingerprint density at radius 1 is 1.42 bits per heavy atom. The Labute approximate surface area is 108 Å². The smallest absolute Gasteiger partial charge is 0.328 e. The maximum Gasteiger partial charge on any atom is 0.328 e. The van der Waals surface area contributed by atoms with Gasteiger partial charge < -0.3 is 10.4 Å². The number of aliphatic carboxylic acids is 1. The van der Waals surface area contributed by atoms with Gasteiger partial charge in [0, 0.05) is 29.5 Å². The Hall–Kier alpha value is -2.70. The van der Waals surface area contributed by atoms with Crippen LogP contribution in [-0.2, 0) is 16.0 Å². The third kappa shape index (κ3) is 4.23. The van der Waals surface area contributed by atoms with Crippen LogP contribution < -0.4 is 5.32 Å². The lowest BCUT2D eigenvalue weighted by molar-refractivity contribution is -0.385. The van der Waals surface area contributed by atoms with Crippen LogP contribution in [0.1, 0.15) is 12.5 Å². The molecule has 0 fully saturated rings. The first-order valence-electron chi connectivity index (χ1n) is 5.43. The molecule has 0 saturated carbocycles. The molecule has 1 aromatic rings. The van der Waals surface area contributed by atoms with Gasteiger partial charge in [0.25, 0.3) is 5.69 Å². The summed E-state index contributed by atoms with van der Waals surface area (Å²) in [5, 5.41) is 21.5. The van der Waals surface area contributed by atoms with Crippen LogP contribution in [0.25, 0.3) is 0 Å². The van der Waals surface area contributed by atoms with Crippen molar-refractivity contribution in [3.63, 3.8) is 0 Å². The highest BCUT2D eigenvalue weighted by atomic mass is 16.6. The predicted molar refractivity (Wildman–Crippen MR) is 67.9 cm³/mol. The van der Waals surface area contributed by atoms with E-state index < -0.39 is 16.8 Å². The number of nitrogens with zero attached hydrogens (tertiary/aromatic N) is 1. The molecule has 0 radical (unpaired) electrons. The SMILES string of the molecule is CCc1ccc(NC(=O)/C=C/C(=O)O)cc1[N+](=O)[O-]. The fourth-order valence-corrected chi connectivity index (χ4v) is 1.44. The van der Waals surface area contributed by atoms with Crippen LogP contribution in [0.15, 0.2) is 30.4 Å². The highest BCUT2D eigenvalue weighted by molar-refractivity contribution is 6.02. The maximum absolute atomic E-state index is 11.3. The van der Waals surface area contributed by atoms with Gasteiger partial charge in [0.15, 0.2) is 0 Å². The quantitative estimate of drug-likeness (QED) is 0.478. The summed E-state index contributed by atoms with van der Waals surface area (Å²) < 4.78 is 0. The maximum atomic E-state index is 11.3. The van der Waals surface area contributed by atoms with Crippen molar-refractivity contribution < 1.29 is 19.6 Å². The van der Waals surface area contributed by atoms with Crippen LogP contribution in [0.4, 0.5) is 11.4 Å². The molecule has 7 heteroatoms. The standard InChI is InChI=1S/C12H12N2O5/c1-2-8-3-4-9(7-10(8)14(18)19)13-11(15)5-6-12(16)17/h3-7H,2H2,1H3,(H,13,15)(H,16,17)/b6-5+. The summed E-state index contributed by atoms with van der Waals surface area (Å²) in [7, 11) is 0. The van der Waals surface area contributed by atoms with E-state index in [-0.39, 0.29) is 11.4 Å². The lowest BCUT2D eigenvalue weighted by Crippen LogP contribution is -2.09. The highest BCUT2D eigenvalue weighted by Gasteiger charge is 2.13. The number of nitrogens with one attached hydrogen (secondary N) is 1. The minimum absolute atomic E-state index is 0.0810. The average Bonchev–Trinajstić information content (AvgIpc) is 2.36. The number of aryl methyl sites for hydroxylation is 1. The normalized spacial score (nSPS) is 10.4. The number of hydrogen-bond donors (Lipinski definition) is 2. The Balaban J connectivity index is 2.91. The van der Waals surface area contributed by atoms with Crippen LogP contribution in [0.2, 0.25) is 0 Å². The zero-order valence-corrected chi connectivity index (χ0v) is 10.1. The summed E-state index contributed by atoms with van der Waals surface area (Å²) in [6.45, 7) is 1.79. The molecular weight excluding hydrogens is 252 g/mol. The molecule has 100 valence electrons. The van der Waals surface area contributed by atoms with Crippen molar-refractivity contribution in [2.45, 2.75) is 13.3 Å². The van der Waals surface area contributed by atoms with E-state index in [0.717, 1.165) is 6.08 Å². The number of carboxylic acids is 1. The molecule has 1 amide bonds. The zero-order chi connectivity index (χ0) is 14.4. The number of carbonyl (C=O) groups excluding carboxylic acids is 1. The van der Waals surface area contributed by atoms with Gasteiger partial charge in [0.2, 0.25) is 5.91 Å². The van der Waals surface area contributed by atoms with Crippen LogP contribution in [-0.4, -0.2) is 21.9 Å². The van der Waals surface area contributed by atoms with E-state index in [1.54, 1.807) is 13.0 Å². The van der Waals surface area contributed by atoms with Crippen LogP contribution in [0.5, 0.6) is 0 Å². The fourth-order valence-electron chi connectivity index (χ4n) is 1.44. The third-order valence-corrected chi connectivity index (χ3v) is 2.31. The van der Waals surface area contributed by atoms with E-state index in [1.165, 1.54) is 12.1 Å². The zero-order valence-electron chi connectivity index (χ0n) is 10.1. The molecule has 1 rings (SSSR count). The van der Waals surface area contributed by atoms with Gasteiger partial charge in [-0.2, -0.15) is 0 Å². The van der Waals surface area contributed by atoms with Gasteiger partial charge in [0.05, 0.1) is 4.92 Å². The second-order valence-corrected chi connectivity index (χ2v) is 3.61. The Kier molecular flexibility index (Phi) is 4.76. The molecule has 7 nitrogen and oxygen atoms in total. The van der Waals surface area contributed by atoms with E-state index in [2.05, 4.69) is 5.32 Å². The molecule has 0 atom stereocenters. The Morgan fingerprint density at radius 3 is 2.63 bits per heavy atom. The summed E-state index contributed by atoms with van der Waals surface area (Å²) in [6, 6.07) is 4.32. The van der Waals surface area contributed by atoms with Crippen molar-refractivity contribution >= 4 is 23.3 Å². The van der Waals surface area contributed by atoms with E-state index in [1.807, 2.05) is 0 Å². The topological polar surface area (TPSA) is 110 Å². The molecule has 0 aliphatic rings. The molecule has 1 aromatic carbocycles. The van der Waals surface area contributed by atoms with Gasteiger partial charge in [-0.05, 0) is 12.5 Å². The van der Waals surface area contributed by atoms with Crippen molar-refractivity contribution in [3.8, 4) is 0 Å². The first-order chi connectivity index (χ1) is 8.93. The molecule has 0 bridgehead atoms. The molecule has 0 heterocycles. The summed E-state index contributed by atoms with van der Waals surface area (Å²) in [6.07, 6.45) is 2.02. The number of carboxylic acid groups (broad SMARTS) is 1. The number of anilines is 1. The van der Waals surface area contributed by atoms with E-state index in [0.29, 0.717) is 18.1 Å². The monoisotopic (exact) mass is 264 g/mol. The van der Waals surface area contributed by atoms with Gasteiger partial charge in [-0.15, -0.1) is 0 Å². The Bertz CT molecular complexity index is 551. The molecular formula is C12H12N2O5. The molecule has 2 N–H and O–H groups in total. The number of rotatable bonds is 5. The third-order valence-electron chi connectivity index (χ3n) is 2.31. The molecule has 0 aliphatic heterocycles. The minimum Gasteiger partial charge on any atom is -0.478 e. The number of nitro benzene ring substituents is 1. The largest absolute Gasteiger partial charge is 0.478 e. The lowest BCUT2D eigenvalue weighted by Gasteiger charge is -2.04. The second-order valence-electron chi connectivity index (χ2n) is 3.61. The first kappa shape index (κ1) is 14.4. The molecule has 0 unspecified atom stereocenters. The van der Waals surface area contributed by atoms with Gasteiger partial charge >= 0.3 is 5.97 Å². The van der Waals surface area contributed by atoms with E-state index >= 15 is 0 Å². The lowest BCUT2D eigenvalue weighted by atomic mass is 10.1. The number of nitro groups is 1. The summed E-state index contributed by atoms with van der Waals surface area (Å²) in [5.74, 6) is -1.91. The number of amides is 1. The minimum atomic E-state index is -1.25. The van der Waals surface area contributed by atoms with Gasteiger partial charge in [-0.1, -0.05) is 13.0 Å². The number of hydrogen-bond acceptors (Lipinski definition) is 4. The summed E-state index contributed by atoms with van der Waals surface area (Å²) in [4.78, 5) is 31.9. The first-order valence-corrected chi connectivity index (χ1v) is 5.43. The molecule has 0 aliphatic carbocycles. The predicted octanol–water partition coefficient (Wildman–Crippen LogP) is 1.74. The number of benzene rings is 1. The summed E-state index contributed by atoms with van der Waals surface area (Å²) >= 11 is 0. The summed E-state index contributed by atoms with van der Waals surface area (Å²) in [5.41, 5.74) is 0.718. The Morgan fingerprint density at radius 2 is 2.11 bits per heavy atom. The van der Waals surface area contributed by atoms with Crippen molar-refractivity contribution in [2.75, 3.05) is 5.32 Å². The van der Waals surface area contributed by atoms with Gasteiger partial charge in [-0.25, -0.2) is 4.79 Å². The van der Waals surface area contributed by atoms with Gasteiger partial charge in [0.1, 0.15) is 0 Å². The van der Waals surface area contributed by atoms with E-state index in [4.69, 9.17) is 5.11 Å². The van der Waals surface area contributed by atoms with Gasteiger partial charge in [-0.3, -0.25) is 14.9 Å². The van der Waals surface area contributed by atoms with Crippen LogP contribution in [0.3, 0.4) is 0 Å². The number of carbonyl (C=O) groups is 2. The highest BCUT2D eigenvalue weighted by Crippen LogP contribution is 2.23. The van der Waals surface area contributed by atoms with Crippen LogP contribution in [0, 0.1) is 10.1 Å². The van der Waals surface area contributed by atoms with Crippen molar-refractivity contribution in [2.24, 2.45) is 0 Å². The molecule has 0 saturated heterocycles. The molecule has 19 heavy (non-hydrogen) atoms. The van der Waals surface area contributed by atoms with Crippen molar-refractivity contribution in [1.82, 2.24) is 0 Å². The van der Waals surface area contributed by atoms with Crippen LogP contribution >= 0.6 is 0 Å². The molecule has 0 aromatic heterocycles. The van der Waals surface area contributed by atoms with E-state index in [9.17, 15) is 19.7 Å². The average molecular weight is 264 g/mol.